The predicted molar refractivity (Wildman–Crippen MR) is 117 cm³/mol. The molecule has 3 aromatic carbocycles. The second-order valence-corrected chi connectivity index (χ2v) is 7.75. The lowest BCUT2D eigenvalue weighted by Gasteiger charge is -2.08. The van der Waals surface area contributed by atoms with Crippen molar-refractivity contribution in [3.8, 4) is 11.5 Å². The topological polar surface area (TPSA) is 55.1 Å². The second kappa shape index (κ2) is 7.55. The summed E-state index contributed by atoms with van der Waals surface area (Å²) >= 11 is 0. The highest BCUT2D eigenvalue weighted by atomic mass is 16.3. The van der Waals surface area contributed by atoms with Crippen LogP contribution in [0, 0.1) is 13.8 Å². The van der Waals surface area contributed by atoms with Crippen LogP contribution in [0.3, 0.4) is 0 Å². The summed E-state index contributed by atoms with van der Waals surface area (Å²) in [5, 5.41) is 2.95. The van der Waals surface area contributed by atoms with Gasteiger partial charge in [-0.15, -0.1) is 0 Å². The van der Waals surface area contributed by atoms with Crippen molar-refractivity contribution in [3.63, 3.8) is 0 Å². The van der Waals surface area contributed by atoms with E-state index in [4.69, 9.17) is 4.42 Å². The number of nitrogens with zero attached hydrogens (tertiary/aromatic N) is 1. The molecule has 0 saturated carbocycles. The number of oxazole rings is 1. The standard InChI is InChI=1S/C25H24N2O2/c1-15(2)19-8-12-23-22(14-19)27-25(29-23)18-6-9-20(10-7-18)26-24(28)21-11-5-16(3)13-17(21)4/h5-15H,1-4H3,(H,26,28). The molecular weight excluding hydrogens is 360 g/mol. The van der Waals surface area contributed by atoms with Crippen molar-refractivity contribution in [2.24, 2.45) is 0 Å². The van der Waals surface area contributed by atoms with Gasteiger partial charge in [0.25, 0.3) is 5.91 Å². The zero-order chi connectivity index (χ0) is 20.5. The minimum Gasteiger partial charge on any atom is -0.436 e. The molecule has 0 atom stereocenters. The van der Waals surface area contributed by atoms with Crippen molar-refractivity contribution in [1.29, 1.82) is 0 Å². The first-order chi connectivity index (χ1) is 13.9. The molecule has 0 spiro atoms. The average molecular weight is 384 g/mol. The molecule has 0 aliphatic rings. The summed E-state index contributed by atoms with van der Waals surface area (Å²) < 4.78 is 5.91. The number of hydrogen-bond donors (Lipinski definition) is 1. The Morgan fingerprint density at radius 3 is 2.41 bits per heavy atom. The molecule has 1 heterocycles. The third-order valence-electron chi connectivity index (χ3n) is 5.09. The molecule has 146 valence electrons. The van der Waals surface area contributed by atoms with Crippen LogP contribution >= 0.6 is 0 Å². The normalized spacial score (nSPS) is 11.2. The molecule has 0 aliphatic heterocycles. The maximum atomic E-state index is 12.6. The molecule has 0 radical (unpaired) electrons. The van der Waals surface area contributed by atoms with Gasteiger partial charge in [0.2, 0.25) is 5.89 Å². The number of amides is 1. The largest absolute Gasteiger partial charge is 0.436 e. The van der Waals surface area contributed by atoms with Gasteiger partial charge in [0, 0.05) is 16.8 Å². The fourth-order valence-electron chi connectivity index (χ4n) is 3.39. The number of nitrogens with one attached hydrogen (secondary N) is 1. The molecule has 1 amide bonds. The Balaban J connectivity index is 1.54. The Bertz CT molecular complexity index is 1190. The Morgan fingerprint density at radius 2 is 1.72 bits per heavy atom. The maximum absolute atomic E-state index is 12.6. The number of rotatable bonds is 4. The van der Waals surface area contributed by atoms with Crippen molar-refractivity contribution in [2.45, 2.75) is 33.6 Å². The molecule has 0 fully saturated rings. The number of hydrogen-bond acceptors (Lipinski definition) is 3. The van der Waals surface area contributed by atoms with Gasteiger partial charge in [0.05, 0.1) is 0 Å². The smallest absolute Gasteiger partial charge is 0.255 e. The zero-order valence-corrected chi connectivity index (χ0v) is 17.1. The fourth-order valence-corrected chi connectivity index (χ4v) is 3.39. The number of carbonyl (C=O) groups excluding carboxylic acids is 1. The number of fused-ring (bicyclic) bond motifs is 1. The van der Waals surface area contributed by atoms with E-state index in [-0.39, 0.29) is 5.91 Å². The first-order valence-corrected chi connectivity index (χ1v) is 9.80. The first-order valence-electron chi connectivity index (χ1n) is 9.80. The van der Waals surface area contributed by atoms with E-state index in [1.54, 1.807) is 0 Å². The molecule has 4 rings (SSSR count). The van der Waals surface area contributed by atoms with Crippen molar-refractivity contribution in [1.82, 2.24) is 4.98 Å². The Labute approximate surface area is 170 Å². The van der Waals surface area contributed by atoms with E-state index in [9.17, 15) is 4.79 Å². The maximum Gasteiger partial charge on any atom is 0.255 e. The van der Waals surface area contributed by atoms with Gasteiger partial charge in [-0.2, -0.15) is 0 Å². The number of carbonyl (C=O) groups is 1. The van der Waals surface area contributed by atoms with E-state index < -0.39 is 0 Å². The van der Waals surface area contributed by atoms with Crippen molar-refractivity contribution in [2.75, 3.05) is 5.32 Å². The molecule has 1 N–H and O–H groups in total. The highest BCUT2D eigenvalue weighted by molar-refractivity contribution is 6.05. The van der Waals surface area contributed by atoms with Gasteiger partial charge in [-0.1, -0.05) is 37.6 Å². The summed E-state index contributed by atoms with van der Waals surface area (Å²) in [5.74, 6) is 0.908. The molecule has 0 saturated heterocycles. The van der Waals surface area contributed by atoms with Crippen LogP contribution in [0.25, 0.3) is 22.6 Å². The van der Waals surface area contributed by atoms with Gasteiger partial charge in [-0.25, -0.2) is 4.98 Å². The van der Waals surface area contributed by atoms with Gasteiger partial charge in [0.15, 0.2) is 5.58 Å². The second-order valence-electron chi connectivity index (χ2n) is 7.75. The molecular formula is C25H24N2O2. The van der Waals surface area contributed by atoms with E-state index in [1.165, 1.54) is 5.56 Å². The molecule has 0 unspecified atom stereocenters. The molecule has 1 aromatic heterocycles. The molecule has 4 aromatic rings. The average Bonchev–Trinajstić information content (AvgIpc) is 3.11. The minimum atomic E-state index is -0.113. The third kappa shape index (κ3) is 3.92. The summed E-state index contributed by atoms with van der Waals surface area (Å²) in [6.07, 6.45) is 0. The van der Waals surface area contributed by atoms with Crippen LogP contribution in [0.15, 0.2) is 65.1 Å². The molecule has 29 heavy (non-hydrogen) atoms. The van der Waals surface area contributed by atoms with Gasteiger partial charge >= 0.3 is 0 Å². The van der Waals surface area contributed by atoms with E-state index >= 15 is 0 Å². The SMILES string of the molecule is Cc1ccc(C(=O)Nc2ccc(-c3nc4cc(C(C)C)ccc4o3)cc2)c(C)c1. The van der Waals surface area contributed by atoms with E-state index in [0.29, 0.717) is 17.4 Å². The van der Waals surface area contributed by atoms with Crippen LogP contribution in [0.2, 0.25) is 0 Å². The van der Waals surface area contributed by atoms with Crippen LogP contribution in [0.1, 0.15) is 46.8 Å². The number of anilines is 1. The Morgan fingerprint density at radius 1 is 0.966 bits per heavy atom. The van der Waals surface area contributed by atoms with Crippen LogP contribution in [0.5, 0.6) is 0 Å². The monoisotopic (exact) mass is 384 g/mol. The highest BCUT2D eigenvalue weighted by Crippen LogP contribution is 2.28. The summed E-state index contributed by atoms with van der Waals surface area (Å²) in [6, 6.07) is 19.5. The van der Waals surface area contributed by atoms with E-state index in [2.05, 4.69) is 36.3 Å². The zero-order valence-electron chi connectivity index (χ0n) is 17.1. The van der Waals surface area contributed by atoms with Crippen molar-refractivity contribution < 1.29 is 9.21 Å². The lowest BCUT2D eigenvalue weighted by atomic mass is 10.0. The summed E-state index contributed by atoms with van der Waals surface area (Å²) in [7, 11) is 0. The molecule has 0 bridgehead atoms. The minimum absolute atomic E-state index is 0.113. The van der Waals surface area contributed by atoms with Crippen LogP contribution in [0.4, 0.5) is 5.69 Å². The highest BCUT2D eigenvalue weighted by Gasteiger charge is 2.12. The summed E-state index contributed by atoms with van der Waals surface area (Å²) in [5.41, 5.74) is 7.26. The molecule has 0 aliphatic carbocycles. The lowest BCUT2D eigenvalue weighted by Crippen LogP contribution is -2.13. The molecule has 4 nitrogen and oxygen atoms in total. The van der Waals surface area contributed by atoms with Crippen LogP contribution < -0.4 is 5.32 Å². The Hall–Kier alpha value is -3.40. The first kappa shape index (κ1) is 18.9. The van der Waals surface area contributed by atoms with Gasteiger partial charge in [-0.05, 0) is 73.4 Å². The van der Waals surface area contributed by atoms with Gasteiger partial charge in [0.1, 0.15) is 5.52 Å². The van der Waals surface area contributed by atoms with Crippen LogP contribution in [-0.4, -0.2) is 10.9 Å². The van der Waals surface area contributed by atoms with E-state index in [1.807, 2.05) is 62.4 Å². The number of aromatic nitrogens is 1. The third-order valence-corrected chi connectivity index (χ3v) is 5.09. The Kier molecular flexibility index (Phi) is 4.93. The predicted octanol–water partition coefficient (Wildman–Crippen LogP) is 6.49. The number of aryl methyl sites for hydroxylation is 2. The van der Waals surface area contributed by atoms with Gasteiger partial charge < -0.3 is 9.73 Å². The summed E-state index contributed by atoms with van der Waals surface area (Å²) in [4.78, 5) is 17.2. The lowest BCUT2D eigenvalue weighted by molar-refractivity contribution is 0.102. The van der Waals surface area contributed by atoms with Crippen molar-refractivity contribution in [3.05, 3.63) is 82.9 Å². The molecule has 4 heteroatoms. The fraction of sp³-hybridized carbons (Fsp3) is 0.200. The van der Waals surface area contributed by atoms with Gasteiger partial charge in [-0.3, -0.25) is 4.79 Å². The summed E-state index contributed by atoms with van der Waals surface area (Å²) in [6.45, 7) is 8.28. The number of benzene rings is 3. The quantitative estimate of drug-likeness (QED) is 0.438. The van der Waals surface area contributed by atoms with E-state index in [0.717, 1.165) is 33.5 Å². The van der Waals surface area contributed by atoms with Crippen molar-refractivity contribution >= 4 is 22.7 Å². The van der Waals surface area contributed by atoms with Crippen LogP contribution in [-0.2, 0) is 0 Å².